The first-order chi connectivity index (χ1) is 9.04. The van der Waals surface area contributed by atoms with Crippen LogP contribution in [-0.4, -0.2) is 28.9 Å². The van der Waals surface area contributed by atoms with Crippen LogP contribution < -0.4 is 16.2 Å². The van der Waals surface area contributed by atoms with Crippen molar-refractivity contribution in [2.75, 3.05) is 18.0 Å². The summed E-state index contributed by atoms with van der Waals surface area (Å²) in [6, 6.07) is 0.212. The summed E-state index contributed by atoms with van der Waals surface area (Å²) < 4.78 is 1.30. The van der Waals surface area contributed by atoms with E-state index in [9.17, 15) is 4.79 Å². The molecule has 0 aliphatic carbocycles. The monoisotopic (exact) mass is 282 g/mol. The van der Waals surface area contributed by atoms with Crippen LogP contribution in [0.15, 0.2) is 23.6 Å². The minimum Gasteiger partial charge on any atom is -0.368 e. The van der Waals surface area contributed by atoms with Gasteiger partial charge in [0.1, 0.15) is 5.02 Å². The van der Waals surface area contributed by atoms with Gasteiger partial charge in [-0.25, -0.2) is 4.68 Å². The molecule has 0 spiro atoms. The second-order valence-electron chi connectivity index (χ2n) is 5.00. The Balaban J connectivity index is 2.29. The maximum atomic E-state index is 12.0. The highest BCUT2D eigenvalue weighted by Crippen LogP contribution is 2.26. The van der Waals surface area contributed by atoms with Crippen LogP contribution in [0.2, 0.25) is 5.02 Å². The van der Waals surface area contributed by atoms with E-state index in [2.05, 4.69) is 23.5 Å². The first kappa shape index (κ1) is 14.1. The van der Waals surface area contributed by atoms with Gasteiger partial charge in [0.25, 0.3) is 5.56 Å². The lowest BCUT2D eigenvalue weighted by Gasteiger charge is -2.36. The quantitative estimate of drug-likeness (QED) is 0.848. The van der Waals surface area contributed by atoms with E-state index < -0.39 is 0 Å². The number of nitrogens with two attached hydrogens (primary N) is 1. The molecule has 1 aromatic heterocycles. The summed E-state index contributed by atoms with van der Waals surface area (Å²) in [4.78, 5) is 14.1. The third-order valence-corrected chi connectivity index (χ3v) is 3.94. The van der Waals surface area contributed by atoms with Gasteiger partial charge in [0.2, 0.25) is 0 Å². The van der Waals surface area contributed by atoms with Crippen LogP contribution in [0.5, 0.6) is 0 Å². The molecule has 0 bridgehead atoms. The zero-order valence-corrected chi connectivity index (χ0v) is 11.8. The maximum Gasteiger partial charge on any atom is 0.287 e. The summed E-state index contributed by atoms with van der Waals surface area (Å²) in [7, 11) is 0. The van der Waals surface area contributed by atoms with Crippen molar-refractivity contribution < 1.29 is 0 Å². The Morgan fingerprint density at radius 2 is 2.42 bits per heavy atom. The minimum absolute atomic E-state index is 0.212. The number of hydrogen-bond donors (Lipinski definition) is 1. The van der Waals surface area contributed by atoms with E-state index in [0.29, 0.717) is 18.2 Å². The molecule has 1 fully saturated rings. The number of piperidine rings is 1. The zero-order chi connectivity index (χ0) is 14.0. The van der Waals surface area contributed by atoms with E-state index in [1.54, 1.807) is 12.3 Å². The second kappa shape index (κ2) is 5.75. The maximum absolute atomic E-state index is 12.0. The first-order valence-electron chi connectivity index (χ1n) is 6.41. The third kappa shape index (κ3) is 2.82. The molecule has 2 unspecified atom stereocenters. The van der Waals surface area contributed by atoms with Crippen LogP contribution in [0.3, 0.4) is 0 Å². The molecule has 2 heterocycles. The number of halogens is 1. The first-order valence-corrected chi connectivity index (χ1v) is 6.79. The number of hydrogen-bond acceptors (Lipinski definition) is 4. The molecule has 6 heteroatoms. The molecule has 1 saturated heterocycles. The third-order valence-electron chi connectivity index (χ3n) is 3.58. The second-order valence-corrected chi connectivity index (χ2v) is 5.37. The molecule has 0 radical (unpaired) electrons. The van der Waals surface area contributed by atoms with Crippen molar-refractivity contribution in [3.63, 3.8) is 0 Å². The molecule has 0 amide bonds. The summed E-state index contributed by atoms with van der Waals surface area (Å²) in [5, 5.41) is 4.35. The smallest absolute Gasteiger partial charge is 0.287 e. The molecule has 104 valence electrons. The number of anilines is 1. The molecule has 0 aromatic carbocycles. The van der Waals surface area contributed by atoms with Crippen LogP contribution >= 0.6 is 11.6 Å². The van der Waals surface area contributed by atoms with Gasteiger partial charge in [0.05, 0.1) is 18.4 Å². The lowest BCUT2D eigenvalue weighted by atomic mass is 9.94. The summed E-state index contributed by atoms with van der Waals surface area (Å²) in [6.45, 7) is 7.66. The highest BCUT2D eigenvalue weighted by Gasteiger charge is 2.25. The van der Waals surface area contributed by atoms with Gasteiger partial charge in [-0.2, -0.15) is 5.10 Å². The van der Waals surface area contributed by atoms with E-state index >= 15 is 0 Å². The van der Waals surface area contributed by atoms with Crippen molar-refractivity contribution in [2.45, 2.75) is 25.9 Å². The molecule has 2 N–H and O–H groups in total. The molecular formula is C13H19ClN4O. The Morgan fingerprint density at radius 1 is 1.68 bits per heavy atom. The summed E-state index contributed by atoms with van der Waals surface area (Å²) in [5.41, 5.74) is 6.42. The van der Waals surface area contributed by atoms with Gasteiger partial charge in [-0.15, -0.1) is 6.58 Å². The summed E-state index contributed by atoms with van der Waals surface area (Å²) in [6.07, 6.45) is 4.16. The predicted octanol–water partition coefficient (Wildman–Crippen LogP) is 1.26. The number of nitrogens with zero attached hydrogens (tertiary/aromatic N) is 3. The Kier molecular flexibility index (Phi) is 4.27. The molecule has 0 saturated carbocycles. The van der Waals surface area contributed by atoms with Crippen molar-refractivity contribution in [3.05, 3.63) is 34.2 Å². The SMILES string of the molecule is C=CCn1ncc(N2CCC(N)C(C)C2)c(Cl)c1=O. The topological polar surface area (TPSA) is 64.2 Å². The average molecular weight is 283 g/mol. The lowest BCUT2D eigenvalue weighted by Crippen LogP contribution is -2.46. The molecule has 1 aromatic rings. The molecule has 2 rings (SSSR count). The highest BCUT2D eigenvalue weighted by molar-refractivity contribution is 6.33. The minimum atomic E-state index is -0.276. The molecule has 5 nitrogen and oxygen atoms in total. The van der Waals surface area contributed by atoms with Crippen molar-refractivity contribution in [3.8, 4) is 0 Å². The van der Waals surface area contributed by atoms with E-state index in [0.717, 1.165) is 19.5 Å². The van der Waals surface area contributed by atoms with Crippen molar-refractivity contribution in [1.29, 1.82) is 0 Å². The number of allylic oxidation sites excluding steroid dienone is 1. The average Bonchev–Trinajstić information content (AvgIpc) is 2.39. The van der Waals surface area contributed by atoms with Gasteiger partial charge in [0.15, 0.2) is 0 Å². The van der Waals surface area contributed by atoms with Gasteiger partial charge in [-0.1, -0.05) is 24.6 Å². The molecule has 1 aliphatic heterocycles. The summed E-state index contributed by atoms with van der Waals surface area (Å²) in [5.74, 6) is 0.375. The van der Waals surface area contributed by atoms with Gasteiger partial charge >= 0.3 is 0 Å². The van der Waals surface area contributed by atoms with Gasteiger partial charge < -0.3 is 10.6 Å². The lowest BCUT2D eigenvalue weighted by molar-refractivity contribution is 0.382. The van der Waals surface area contributed by atoms with Crippen molar-refractivity contribution in [2.24, 2.45) is 11.7 Å². The fourth-order valence-corrected chi connectivity index (χ4v) is 2.58. The standard InChI is InChI=1S/C13H19ClN4O/c1-3-5-18-13(19)12(14)11(7-16-18)17-6-4-10(15)9(2)8-17/h3,7,9-10H,1,4-6,8,15H2,2H3. The highest BCUT2D eigenvalue weighted by atomic mass is 35.5. The molecular weight excluding hydrogens is 264 g/mol. The Morgan fingerprint density at radius 3 is 3.05 bits per heavy atom. The number of rotatable bonds is 3. The Bertz CT molecular complexity index is 528. The van der Waals surface area contributed by atoms with Crippen molar-refractivity contribution >= 4 is 17.3 Å². The van der Waals surface area contributed by atoms with Gasteiger partial charge in [-0.05, 0) is 12.3 Å². The normalized spacial score (nSPS) is 23.4. The fraction of sp³-hybridized carbons (Fsp3) is 0.538. The van der Waals surface area contributed by atoms with Crippen LogP contribution in [-0.2, 0) is 6.54 Å². The van der Waals surface area contributed by atoms with Gasteiger partial charge in [0, 0.05) is 19.1 Å². The van der Waals surface area contributed by atoms with E-state index in [1.807, 2.05) is 0 Å². The van der Waals surface area contributed by atoms with Crippen LogP contribution in [0.1, 0.15) is 13.3 Å². The zero-order valence-electron chi connectivity index (χ0n) is 11.1. The van der Waals surface area contributed by atoms with E-state index in [-0.39, 0.29) is 16.6 Å². The number of aromatic nitrogens is 2. The predicted molar refractivity (Wildman–Crippen MR) is 77.7 cm³/mol. The van der Waals surface area contributed by atoms with Crippen LogP contribution in [0, 0.1) is 5.92 Å². The fourth-order valence-electron chi connectivity index (χ4n) is 2.31. The summed E-state index contributed by atoms with van der Waals surface area (Å²) >= 11 is 6.17. The molecule has 2 atom stereocenters. The van der Waals surface area contributed by atoms with E-state index in [1.165, 1.54) is 4.68 Å². The van der Waals surface area contributed by atoms with Crippen LogP contribution in [0.25, 0.3) is 0 Å². The largest absolute Gasteiger partial charge is 0.368 e. The molecule has 19 heavy (non-hydrogen) atoms. The van der Waals surface area contributed by atoms with E-state index in [4.69, 9.17) is 17.3 Å². The van der Waals surface area contributed by atoms with Gasteiger partial charge in [-0.3, -0.25) is 4.79 Å². The molecule has 1 aliphatic rings. The Labute approximate surface area is 117 Å². The Hall–Kier alpha value is -1.33. The van der Waals surface area contributed by atoms with Crippen molar-refractivity contribution in [1.82, 2.24) is 9.78 Å². The van der Waals surface area contributed by atoms with Crippen LogP contribution in [0.4, 0.5) is 5.69 Å².